The number of nitrogens with zero attached hydrogens (tertiary/aromatic N) is 2. The molecular weight excluding hydrogens is 333 g/mol. The summed E-state index contributed by atoms with van der Waals surface area (Å²) in [5.74, 6) is 1.12. The molecule has 0 unspecified atom stereocenters. The van der Waals surface area contributed by atoms with Crippen molar-refractivity contribution in [2.75, 3.05) is 5.73 Å². The third-order valence-electron chi connectivity index (χ3n) is 3.24. The maximum Gasteiger partial charge on any atom is 0.138 e. The van der Waals surface area contributed by atoms with E-state index in [1.165, 1.54) is 0 Å². The van der Waals surface area contributed by atoms with Gasteiger partial charge >= 0.3 is 0 Å². The van der Waals surface area contributed by atoms with E-state index < -0.39 is 0 Å². The van der Waals surface area contributed by atoms with Crippen molar-refractivity contribution in [3.05, 3.63) is 70.6 Å². The zero-order valence-corrected chi connectivity index (χ0v) is 13.6. The van der Waals surface area contributed by atoms with Gasteiger partial charge in [0.1, 0.15) is 18.2 Å². The molecule has 0 atom stereocenters. The van der Waals surface area contributed by atoms with Gasteiger partial charge in [-0.05, 0) is 30.3 Å². The molecule has 0 saturated heterocycles. The van der Waals surface area contributed by atoms with Crippen molar-refractivity contribution in [1.82, 2.24) is 9.97 Å². The Morgan fingerprint density at radius 3 is 2.57 bits per heavy atom. The molecule has 2 heterocycles. The van der Waals surface area contributed by atoms with E-state index in [0.717, 1.165) is 16.7 Å². The van der Waals surface area contributed by atoms with Gasteiger partial charge < -0.3 is 10.5 Å². The van der Waals surface area contributed by atoms with Crippen molar-refractivity contribution < 1.29 is 4.74 Å². The van der Waals surface area contributed by atoms with E-state index in [-0.39, 0.29) is 0 Å². The monoisotopic (exact) mass is 345 g/mol. The summed E-state index contributed by atoms with van der Waals surface area (Å²) >= 11 is 12.0. The molecule has 0 bridgehead atoms. The molecular formula is C17H13Cl2N3O. The molecule has 0 spiro atoms. The summed E-state index contributed by atoms with van der Waals surface area (Å²) in [6.45, 7) is 0.334. The van der Waals surface area contributed by atoms with Gasteiger partial charge in [0, 0.05) is 39.1 Å². The van der Waals surface area contributed by atoms with Gasteiger partial charge in [0.15, 0.2) is 0 Å². The van der Waals surface area contributed by atoms with Crippen LogP contribution in [0.3, 0.4) is 0 Å². The maximum atomic E-state index is 6.14. The van der Waals surface area contributed by atoms with Crippen LogP contribution in [0.2, 0.25) is 10.0 Å². The van der Waals surface area contributed by atoms with Gasteiger partial charge in [0.2, 0.25) is 0 Å². The van der Waals surface area contributed by atoms with Gasteiger partial charge in [-0.3, -0.25) is 4.98 Å². The lowest BCUT2D eigenvalue weighted by molar-refractivity contribution is 0.305. The highest BCUT2D eigenvalue weighted by Crippen LogP contribution is 2.25. The minimum atomic E-state index is 0.334. The predicted molar refractivity (Wildman–Crippen MR) is 92.7 cm³/mol. The summed E-state index contributed by atoms with van der Waals surface area (Å²) in [4.78, 5) is 8.27. The number of rotatable bonds is 4. The van der Waals surface area contributed by atoms with Crippen LogP contribution in [-0.4, -0.2) is 9.97 Å². The Labute approximate surface area is 143 Å². The largest absolute Gasteiger partial charge is 0.487 e. The number of aromatic nitrogens is 2. The van der Waals surface area contributed by atoms with Gasteiger partial charge in [-0.25, -0.2) is 4.98 Å². The quantitative estimate of drug-likeness (QED) is 0.749. The molecule has 0 radical (unpaired) electrons. The van der Waals surface area contributed by atoms with E-state index in [2.05, 4.69) is 9.97 Å². The summed E-state index contributed by atoms with van der Waals surface area (Å²) in [6.07, 6.45) is 5.10. The molecule has 0 fully saturated rings. The van der Waals surface area contributed by atoms with Crippen LogP contribution in [0.5, 0.6) is 5.75 Å². The van der Waals surface area contributed by atoms with E-state index in [0.29, 0.717) is 28.2 Å². The second-order valence-electron chi connectivity index (χ2n) is 4.91. The predicted octanol–water partition coefficient (Wildman–Crippen LogP) is 4.61. The first-order chi connectivity index (χ1) is 11.1. The highest BCUT2D eigenvalue weighted by molar-refractivity contribution is 6.35. The fourth-order valence-corrected chi connectivity index (χ4v) is 2.49. The molecule has 0 saturated carbocycles. The van der Waals surface area contributed by atoms with E-state index in [1.807, 2.05) is 18.2 Å². The Balaban J connectivity index is 1.76. The standard InChI is InChI=1S/C17H13Cl2N3O/c18-14-3-1-12(16(19)6-14)10-23-15-5-13(7-21-9-15)11-2-4-17(20)22-8-11/h1-9H,10H2,(H2,20,22). The molecule has 2 aromatic heterocycles. The van der Waals surface area contributed by atoms with Gasteiger partial charge in [-0.15, -0.1) is 0 Å². The van der Waals surface area contributed by atoms with E-state index in [1.54, 1.807) is 36.8 Å². The Kier molecular flexibility index (Phi) is 4.65. The Bertz CT molecular complexity index is 822. The molecule has 0 aliphatic heterocycles. The Morgan fingerprint density at radius 1 is 0.957 bits per heavy atom. The maximum absolute atomic E-state index is 6.14. The normalized spacial score (nSPS) is 10.5. The summed E-state index contributed by atoms with van der Waals surface area (Å²) in [5, 5.41) is 1.17. The zero-order valence-electron chi connectivity index (χ0n) is 12.0. The number of hydrogen-bond donors (Lipinski definition) is 1. The first kappa shape index (κ1) is 15.6. The van der Waals surface area contributed by atoms with Gasteiger partial charge in [-0.2, -0.15) is 0 Å². The summed E-state index contributed by atoms with van der Waals surface area (Å²) in [6, 6.07) is 10.8. The molecule has 1 aromatic carbocycles. The fraction of sp³-hybridized carbons (Fsp3) is 0.0588. The first-order valence-electron chi connectivity index (χ1n) is 6.85. The smallest absolute Gasteiger partial charge is 0.138 e. The van der Waals surface area contributed by atoms with Crippen molar-refractivity contribution in [3.8, 4) is 16.9 Å². The van der Waals surface area contributed by atoms with Crippen LogP contribution in [-0.2, 0) is 6.61 Å². The molecule has 3 rings (SSSR count). The third-order valence-corrected chi connectivity index (χ3v) is 3.83. The molecule has 2 N–H and O–H groups in total. The van der Waals surface area contributed by atoms with Gasteiger partial charge in [0.25, 0.3) is 0 Å². The number of ether oxygens (including phenoxy) is 1. The number of nitrogens with two attached hydrogens (primary N) is 1. The fourth-order valence-electron chi connectivity index (χ4n) is 2.03. The number of nitrogen functional groups attached to an aromatic ring is 1. The minimum absolute atomic E-state index is 0.334. The number of pyridine rings is 2. The molecule has 3 aromatic rings. The highest BCUT2D eigenvalue weighted by Gasteiger charge is 2.05. The van der Waals surface area contributed by atoms with Crippen LogP contribution in [0.25, 0.3) is 11.1 Å². The van der Waals surface area contributed by atoms with Crippen molar-refractivity contribution in [3.63, 3.8) is 0 Å². The zero-order chi connectivity index (χ0) is 16.2. The lowest BCUT2D eigenvalue weighted by atomic mass is 10.1. The number of anilines is 1. The average molecular weight is 346 g/mol. The van der Waals surface area contributed by atoms with Gasteiger partial charge in [-0.1, -0.05) is 29.3 Å². The number of benzene rings is 1. The average Bonchev–Trinajstić information content (AvgIpc) is 2.55. The van der Waals surface area contributed by atoms with E-state index >= 15 is 0 Å². The molecule has 0 aliphatic rings. The van der Waals surface area contributed by atoms with Crippen molar-refractivity contribution in [2.45, 2.75) is 6.61 Å². The van der Waals surface area contributed by atoms with E-state index in [9.17, 15) is 0 Å². The number of halogens is 2. The lowest BCUT2D eigenvalue weighted by Gasteiger charge is -2.09. The summed E-state index contributed by atoms with van der Waals surface area (Å²) < 4.78 is 5.76. The van der Waals surface area contributed by atoms with Crippen LogP contribution < -0.4 is 10.5 Å². The highest BCUT2D eigenvalue weighted by atomic mass is 35.5. The first-order valence-corrected chi connectivity index (χ1v) is 7.61. The SMILES string of the molecule is Nc1ccc(-c2cncc(OCc3ccc(Cl)cc3Cl)c2)cn1. The Morgan fingerprint density at radius 2 is 1.83 bits per heavy atom. The van der Waals surface area contributed by atoms with Gasteiger partial charge in [0.05, 0.1) is 6.20 Å². The third kappa shape index (κ3) is 3.92. The second kappa shape index (κ2) is 6.86. The molecule has 0 amide bonds. The van der Waals surface area contributed by atoms with Crippen LogP contribution >= 0.6 is 23.2 Å². The lowest BCUT2D eigenvalue weighted by Crippen LogP contribution is -1.97. The second-order valence-corrected chi connectivity index (χ2v) is 5.75. The van der Waals surface area contributed by atoms with Crippen LogP contribution in [0, 0.1) is 0 Å². The van der Waals surface area contributed by atoms with Crippen molar-refractivity contribution in [1.29, 1.82) is 0 Å². The molecule has 6 heteroatoms. The summed E-state index contributed by atoms with van der Waals surface area (Å²) in [5.41, 5.74) is 8.27. The number of hydrogen-bond acceptors (Lipinski definition) is 4. The van der Waals surface area contributed by atoms with E-state index in [4.69, 9.17) is 33.7 Å². The molecule has 4 nitrogen and oxygen atoms in total. The Hall–Kier alpha value is -2.30. The molecule has 23 heavy (non-hydrogen) atoms. The van der Waals surface area contributed by atoms with Crippen molar-refractivity contribution >= 4 is 29.0 Å². The van der Waals surface area contributed by atoms with Crippen molar-refractivity contribution in [2.24, 2.45) is 0 Å². The molecule has 116 valence electrons. The minimum Gasteiger partial charge on any atom is -0.487 e. The topological polar surface area (TPSA) is 61.0 Å². The van der Waals surface area contributed by atoms with Crippen LogP contribution in [0.1, 0.15) is 5.56 Å². The summed E-state index contributed by atoms with van der Waals surface area (Å²) in [7, 11) is 0. The molecule has 0 aliphatic carbocycles. The van der Waals surface area contributed by atoms with Crippen LogP contribution in [0.15, 0.2) is 55.0 Å². The van der Waals surface area contributed by atoms with Crippen LogP contribution in [0.4, 0.5) is 5.82 Å².